The first-order valence-corrected chi connectivity index (χ1v) is 42.4. The van der Waals surface area contributed by atoms with Crippen molar-refractivity contribution >= 4 is 35.5 Å². The van der Waals surface area contributed by atoms with Gasteiger partial charge in [0.25, 0.3) is 0 Å². The number of rotatable bonds is 45. The molecule has 10 aromatic rings. The van der Waals surface area contributed by atoms with Gasteiger partial charge in [0.15, 0.2) is 0 Å². The van der Waals surface area contributed by atoms with E-state index in [2.05, 4.69) is 56.6 Å². The van der Waals surface area contributed by atoms with Crippen molar-refractivity contribution in [1.82, 2.24) is 0 Å². The number of halogens is 4. The van der Waals surface area contributed by atoms with Crippen LogP contribution in [-0.2, 0) is 47.7 Å². The Labute approximate surface area is 744 Å². The fraction of sp³-hybridized carbons (Fsp3) is 0.308. The van der Waals surface area contributed by atoms with E-state index >= 15 is 0 Å². The number of phenols is 2. The molecule has 0 fully saturated rings. The van der Waals surface area contributed by atoms with Gasteiger partial charge >= 0.3 is 23.9 Å². The number of carbonyl (C=O) groups is 4. The number of alkyl halides is 1. The number of benzene rings is 10. The minimum Gasteiger partial charge on any atom is -0.508 e. The quantitative estimate of drug-likeness (QED) is 0.0120. The number of allylic oxidation sites excluding steroid dienone is 4. The van der Waals surface area contributed by atoms with Gasteiger partial charge in [-0.1, -0.05) is 149 Å². The van der Waals surface area contributed by atoms with Crippen molar-refractivity contribution in [2.45, 2.75) is 153 Å². The van der Waals surface area contributed by atoms with Gasteiger partial charge in [0.05, 0.1) is 81.1 Å². The Morgan fingerprint density at radius 1 is 0.357 bits per heavy atom. The predicted octanol–water partition coefficient (Wildman–Crippen LogP) is 25.4. The second kappa shape index (κ2) is 56.1. The summed E-state index contributed by atoms with van der Waals surface area (Å²) in [5.74, 6) is 2.11. The first kappa shape index (κ1) is 102. The van der Waals surface area contributed by atoms with E-state index in [1.165, 1.54) is 32.4 Å². The molecular weight excluding hydrogens is 1630 g/mol. The molecule has 10 aromatic carbocycles. The first-order chi connectivity index (χ1) is 60.9. The molecule has 126 heavy (non-hydrogen) atoms. The van der Waals surface area contributed by atoms with E-state index in [0.717, 1.165) is 77.5 Å². The number of hydrogen-bond donors (Lipinski definition) is 4. The molecule has 670 valence electrons. The van der Waals surface area contributed by atoms with Gasteiger partial charge in [-0.15, -0.1) is 37.9 Å². The van der Waals surface area contributed by atoms with Crippen LogP contribution in [-0.4, -0.2) is 99.7 Å². The maximum Gasteiger partial charge on any atom is 0.306 e. The zero-order chi connectivity index (χ0) is 91.7. The molecule has 0 aliphatic rings. The lowest BCUT2D eigenvalue weighted by Crippen LogP contribution is -2.08. The average Bonchev–Trinajstić information content (AvgIpc) is 0.809. The summed E-state index contributed by atoms with van der Waals surface area (Å²) in [5.41, 5.74) is 9.59. The van der Waals surface area contributed by atoms with Crippen molar-refractivity contribution in [3.05, 3.63) is 313 Å². The molecule has 0 bridgehead atoms. The zero-order valence-corrected chi connectivity index (χ0v) is 74.0. The average molecular weight is 1750 g/mol. The summed E-state index contributed by atoms with van der Waals surface area (Å²) in [4.78, 5) is 45.0. The number of unbranched alkanes of at least 4 members (excludes halogenated alkanes) is 3. The summed E-state index contributed by atoms with van der Waals surface area (Å²) in [6.07, 6.45) is 15.8. The van der Waals surface area contributed by atoms with Gasteiger partial charge in [-0.3, -0.25) is 19.2 Å². The fourth-order valence-corrected chi connectivity index (χ4v) is 13.4. The predicted molar refractivity (Wildman–Crippen MR) is 492 cm³/mol. The van der Waals surface area contributed by atoms with Crippen molar-refractivity contribution in [1.29, 1.82) is 0 Å². The topological polar surface area (TPSA) is 241 Å². The van der Waals surface area contributed by atoms with Crippen molar-refractivity contribution in [3.8, 4) is 90.9 Å². The molecule has 0 saturated carbocycles. The fourth-order valence-electron chi connectivity index (χ4n) is 13.2. The lowest BCUT2D eigenvalue weighted by molar-refractivity contribution is -0.142. The van der Waals surface area contributed by atoms with Gasteiger partial charge in [0.2, 0.25) is 0 Å². The second-order valence-corrected chi connectivity index (χ2v) is 29.6. The van der Waals surface area contributed by atoms with Crippen molar-refractivity contribution in [2.24, 2.45) is 0 Å². The number of ether oxygens (including phenoxy) is 10. The van der Waals surface area contributed by atoms with Crippen molar-refractivity contribution in [2.75, 3.05) is 55.4 Å². The van der Waals surface area contributed by atoms with E-state index in [1.807, 2.05) is 115 Å². The van der Waals surface area contributed by atoms with Crippen LogP contribution in [0.1, 0.15) is 173 Å². The number of hydrogen-bond acceptors (Lipinski definition) is 16. The Kier molecular flexibility index (Phi) is 45.4. The second-order valence-electron chi connectivity index (χ2n) is 29.3. The molecule has 18 nitrogen and oxygen atoms in total. The highest BCUT2D eigenvalue weighted by Crippen LogP contribution is 2.41. The lowest BCUT2D eigenvalue weighted by Gasteiger charge is -2.16. The molecule has 0 unspecified atom stereocenters. The lowest BCUT2D eigenvalue weighted by atomic mass is 9.92. The van der Waals surface area contributed by atoms with Crippen LogP contribution in [0.2, 0.25) is 0 Å². The van der Waals surface area contributed by atoms with Crippen LogP contribution in [0, 0.1) is 17.5 Å². The molecule has 4 atom stereocenters. The number of esters is 2. The third-order valence-corrected chi connectivity index (χ3v) is 20.3. The van der Waals surface area contributed by atoms with Crippen molar-refractivity contribution < 1.29 is 100 Å². The summed E-state index contributed by atoms with van der Waals surface area (Å²) >= 11 is 5.89. The van der Waals surface area contributed by atoms with Gasteiger partial charge in [0.1, 0.15) is 88.2 Å². The number of carboxylic acid groups (broad SMARTS) is 2. The third-order valence-electron chi connectivity index (χ3n) is 20.0. The van der Waals surface area contributed by atoms with E-state index in [9.17, 15) is 52.8 Å². The zero-order valence-electron chi connectivity index (χ0n) is 73.2. The smallest absolute Gasteiger partial charge is 0.306 e. The molecule has 0 saturated heterocycles. The molecule has 0 aliphatic heterocycles. The summed E-state index contributed by atoms with van der Waals surface area (Å²) in [7, 11) is 7.40. The summed E-state index contributed by atoms with van der Waals surface area (Å²) in [6, 6.07) is 59.5. The number of aliphatic carboxylic acids is 2. The molecule has 0 radical (unpaired) electrons. The van der Waals surface area contributed by atoms with E-state index in [0.29, 0.717) is 144 Å². The Hall–Kier alpha value is -12.9. The number of carbonyl (C=O) groups excluding carboxylic acids is 2. The highest BCUT2D eigenvalue weighted by Gasteiger charge is 2.23. The molecule has 0 aliphatic carbocycles. The van der Waals surface area contributed by atoms with Crippen LogP contribution in [0.4, 0.5) is 13.2 Å². The molecular formula is C104H118ClF3O18. The first-order valence-electron chi connectivity index (χ1n) is 41.8. The maximum atomic E-state index is 14.7. The Morgan fingerprint density at radius 3 is 0.944 bits per heavy atom. The molecule has 0 spiro atoms. The molecule has 0 heterocycles. The number of methoxy groups -OCH3 is 5. The monoisotopic (exact) mass is 1750 g/mol. The molecule has 10 rings (SSSR count). The molecule has 0 aromatic heterocycles. The highest BCUT2D eigenvalue weighted by atomic mass is 35.5. The maximum absolute atomic E-state index is 14.7. The summed E-state index contributed by atoms with van der Waals surface area (Å²) < 4.78 is 98.6. The SMILES string of the molecule is C=CC[C@@H](CC(=O)O)c1cccc(OCc2ccc(-c3cc(OC)ccc3F)c(OCCCC)c2)c1.C=CC[C@@H](CC(=O)OC)c1cccc(O)c1.C=CC[C@H](CC(=O)O)c1cccc(OCc2ccc(-c3cc(OC)ccc3F)c(OCCCC)c2)c1.C=CC[C@H](CC(=O)OC)c1cccc(O)c1.CCCCOc1cc(CCl)ccc1-c1cc(OC)ccc1F. The van der Waals surface area contributed by atoms with E-state index in [4.69, 9.17) is 49.5 Å². The number of aromatic hydroxyl groups is 2. The van der Waals surface area contributed by atoms with Crippen LogP contribution in [0.25, 0.3) is 33.4 Å². The number of phenolic OH excluding ortho intramolecular Hbond substituents is 2. The van der Waals surface area contributed by atoms with E-state index in [1.54, 1.807) is 118 Å². The molecule has 4 N–H and O–H groups in total. The van der Waals surface area contributed by atoms with Crippen LogP contribution in [0.5, 0.6) is 57.5 Å². The molecule has 22 heteroatoms. The minimum atomic E-state index is -0.851. The van der Waals surface area contributed by atoms with Crippen LogP contribution >= 0.6 is 11.6 Å². The Bertz CT molecular complexity index is 4850. The van der Waals surface area contributed by atoms with Gasteiger partial charge in [-0.2, -0.15) is 0 Å². The van der Waals surface area contributed by atoms with Gasteiger partial charge in [0, 0.05) is 39.3 Å². The minimum absolute atomic E-state index is 0.0112. The van der Waals surface area contributed by atoms with Crippen LogP contribution in [0.15, 0.2) is 257 Å². The van der Waals surface area contributed by atoms with Crippen LogP contribution < -0.4 is 37.9 Å². The normalized spacial score (nSPS) is 11.4. The van der Waals surface area contributed by atoms with E-state index < -0.39 is 11.9 Å². The van der Waals surface area contributed by atoms with Gasteiger partial charge < -0.3 is 67.8 Å². The van der Waals surface area contributed by atoms with E-state index in [-0.39, 0.29) is 90.6 Å². The molecule has 0 amide bonds. The Morgan fingerprint density at radius 2 is 0.659 bits per heavy atom. The third kappa shape index (κ3) is 34.3. The standard InChI is InChI=1S/2C30H33FO5.C18H20ClFO2.2C13H16O3/c2*1-4-6-15-35-29-16-21(11-13-26(29)27-19-24(34-3)12-14-28(27)31)20-36-25-10-7-9-23(17-25)22(8-5-2)18-30(32)33;1-3-4-9-22-18-10-13(12-19)5-7-15(18)16-11-14(21-2)6-8-17(16)20;2*1-3-5-10(9-13(15)16-2)11-6-4-7-12(14)8-11/h2*5,7,9-14,16-17,19,22H,2,4,6,8,15,18,20H2,1,3H3,(H,32,33);5-8,10-11H,3-4,9,12H2,1-2H3;2*3-4,6-8,10,14H,1,5,9H2,2H3/t2*22-;;2*10-/m10.10/s1. The number of carboxylic acids is 2. The van der Waals surface area contributed by atoms with Gasteiger partial charge in [-0.25, -0.2) is 13.2 Å². The largest absolute Gasteiger partial charge is 0.508 e. The van der Waals surface area contributed by atoms with Crippen molar-refractivity contribution in [3.63, 3.8) is 0 Å². The van der Waals surface area contributed by atoms with Gasteiger partial charge in [-0.05, 0) is 229 Å². The van der Waals surface area contributed by atoms with Crippen LogP contribution in [0.3, 0.4) is 0 Å². The Balaban J connectivity index is 0.000000254. The summed E-state index contributed by atoms with van der Waals surface area (Å²) in [6.45, 7) is 23.3. The summed E-state index contributed by atoms with van der Waals surface area (Å²) in [5, 5.41) is 37.2. The highest BCUT2D eigenvalue weighted by molar-refractivity contribution is 6.17.